The zero-order chi connectivity index (χ0) is 19.5. The molecule has 2 aromatic rings. The molecule has 0 aliphatic carbocycles. The van der Waals surface area contributed by atoms with Gasteiger partial charge in [-0.3, -0.25) is 4.79 Å². The SMILES string of the molecule is Cc1ccc(C)c(N(CC(=O)Nc2ccccc2C)S(=O)(=O)N(C)C)c1. The molecule has 6 nitrogen and oxygen atoms in total. The van der Waals surface area contributed by atoms with Crippen LogP contribution in [0.1, 0.15) is 16.7 Å². The molecule has 2 aromatic carbocycles. The van der Waals surface area contributed by atoms with Crippen LogP contribution in [0.4, 0.5) is 11.4 Å². The Morgan fingerprint density at radius 1 is 1.00 bits per heavy atom. The highest BCUT2D eigenvalue weighted by molar-refractivity contribution is 7.90. The molecule has 0 aliphatic rings. The van der Waals surface area contributed by atoms with E-state index in [0.29, 0.717) is 11.4 Å². The molecule has 26 heavy (non-hydrogen) atoms. The molecule has 0 fully saturated rings. The second kappa shape index (κ2) is 7.88. The summed E-state index contributed by atoms with van der Waals surface area (Å²) in [6, 6.07) is 12.9. The molecule has 0 spiro atoms. The third-order valence-electron chi connectivity index (χ3n) is 4.08. The molecule has 0 bridgehead atoms. The van der Waals surface area contributed by atoms with Gasteiger partial charge in [0.15, 0.2) is 0 Å². The highest BCUT2D eigenvalue weighted by atomic mass is 32.2. The molecule has 0 saturated carbocycles. The second-order valence-corrected chi connectivity index (χ2v) is 8.52. The molecule has 0 saturated heterocycles. The van der Waals surface area contributed by atoms with Crippen molar-refractivity contribution in [3.63, 3.8) is 0 Å². The summed E-state index contributed by atoms with van der Waals surface area (Å²) < 4.78 is 27.9. The topological polar surface area (TPSA) is 69.7 Å². The summed E-state index contributed by atoms with van der Waals surface area (Å²) in [5.41, 5.74) is 3.78. The van der Waals surface area contributed by atoms with Crippen LogP contribution >= 0.6 is 0 Å². The Labute approximate surface area is 155 Å². The van der Waals surface area contributed by atoms with Gasteiger partial charge in [0.25, 0.3) is 0 Å². The standard InChI is InChI=1S/C19H25N3O3S/c1-14-10-11-16(3)18(12-14)22(26(24,25)21(4)5)13-19(23)20-17-9-7-6-8-15(17)2/h6-12H,13H2,1-5H3,(H,20,23). The van der Waals surface area contributed by atoms with Crippen molar-refractivity contribution in [1.82, 2.24) is 4.31 Å². The van der Waals surface area contributed by atoms with Crippen LogP contribution in [-0.2, 0) is 15.0 Å². The molecule has 1 N–H and O–H groups in total. The minimum absolute atomic E-state index is 0.306. The van der Waals surface area contributed by atoms with Crippen LogP contribution in [0, 0.1) is 20.8 Å². The van der Waals surface area contributed by atoms with Crippen molar-refractivity contribution in [3.8, 4) is 0 Å². The fourth-order valence-electron chi connectivity index (χ4n) is 2.51. The van der Waals surface area contributed by atoms with Gasteiger partial charge in [-0.05, 0) is 49.6 Å². The third-order valence-corrected chi connectivity index (χ3v) is 5.89. The summed E-state index contributed by atoms with van der Waals surface area (Å²) in [5, 5.41) is 2.79. The van der Waals surface area contributed by atoms with Crippen molar-refractivity contribution in [1.29, 1.82) is 0 Å². The molecule has 2 rings (SSSR count). The van der Waals surface area contributed by atoms with Gasteiger partial charge in [-0.1, -0.05) is 30.3 Å². The number of rotatable bonds is 6. The first kappa shape index (κ1) is 19.9. The van der Waals surface area contributed by atoms with Crippen LogP contribution < -0.4 is 9.62 Å². The second-order valence-electron chi connectivity index (χ2n) is 6.45. The minimum Gasteiger partial charge on any atom is -0.324 e. The van der Waals surface area contributed by atoms with Crippen LogP contribution in [0.5, 0.6) is 0 Å². The predicted octanol–water partition coefficient (Wildman–Crippen LogP) is 2.86. The van der Waals surface area contributed by atoms with Gasteiger partial charge in [-0.15, -0.1) is 0 Å². The lowest BCUT2D eigenvalue weighted by molar-refractivity contribution is -0.114. The fourth-order valence-corrected chi connectivity index (χ4v) is 3.63. The molecule has 0 unspecified atom stereocenters. The lowest BCUT2D eigenvalue weighted by Crippen LogP contribution is -2.44. The number of anilines is 2. The number of aryl methyl sites for hydroxylation is 3. The third kappa shape index (κ3) is 4.42. The minimum atomic E-state index is -3.82. The number of carbonyl (C=O) groups is 1. The normalized spacial score (nSPS) is 11.5. The van der Waals surface area contributed by atoms with Gasteiger partial charge < -0.3 is 5.32 Å². The van der Waals surface area contributed by atoms with E-state index < -0.39 is 16.1 Å². The maximum atomic E-state index is 12.8. The van der Waals surface area contributed by atoms with E-state index in [1.54, 1.807) is 12.1 Å². The van der Waals surface area contributed by atoms with Gasteiger partial charge in [0.2, 0.25) is 5.91 Å². The quantitative estimate of drug-likeness (QED) is 0.844. The van der Waals surface area contributed by atoms with E-state index >= 15 is 0 Å². The number of nitrogens with zero attached hydrogens (tertiary/aromatic N) is 2. The lowest BCUT2D eigenvalue weighted by Gasteiger charge is -2.28. The summed E-state index contributed by atoms with van der Waals surface area (Å²) in [7, 11) is -0.921. The number of benzene rings is 2. The summed E-state index contributed by atoms with van der Waals surface area (Å²) in [5.74, 6) is -0.398. The number of carbonyl (C=O) groups excluding carboxylic acids is 1. The Kier molecular flexibility index (Phi) is 6.05. The molecular weight excluding hydrogens is 350 g/mol. The Balaban J connectivity index is 2.38. The van der Waals surface area contributed by atoms with Gasteiger partial charge in [-0.2, -0.15) is 12.7 Å². The maximum absolute atomic E-state index is 12.8. The smallest absolute Gasteiger partial charge is 0.304 e. The van der Waals surface area contributed by atoms with Crippen molar-refractivity contribution < 1.29 is 13.2 Å². The zero-order valence-corrected chi connectivity index (χ0v) is 16.6. The van der Waals surface area contributed by atoms with E-state index in [9.17, 15) is 13.2 Å². The summed E-state index contributed by atoms with van der Waals surface area (Å²) in [6.45, 7) is 5.29. The zero-order valence-electron chi connectivity index (χ0n) is 15.8. The van der Waals surface area contributed by atoms with Gasteiger partial charge in [0, 0.05) is 19.8 Å². The predicted molar refractivity (Wildman–Crippen MR) is 106 cm³/mol. The highest BCUT2D eigenvalue weighted by Crippen LogP contribution is 2.25. The van der Waals surface area contributed by atoms with Crippen molar-refractivity contribution in [2.24, 2.45) is 0 Å². The van der Waals surface area contributed by atoms with Crippen molar-refractivity contribution in [3.05, 3.63) is 59.2 Å². The van der Waals surface area contributed by atoms with E-state index in [1.807, 2.05) is 51.1 Å². The van der Waals surface area contributed by atoms with Gasteiger partial charge in [0.1, 0.15) is 6.54 Å². The molecule has 1 amide bonds. The highest BCUT2D eigenvalue weighted by Gasteiger charge is 2.28. The number of amides is 1. The molecule has 140 valence electrons. The molecular formula is C19H25N3O3S. The van der Waals surface area contributed by atoms with Crippen molar-refractivity contribution >= 4 is 27.5 Å². The average Bonchev–Trinajstić information content (AvgIpc) is 2.57. The van der Waals surface area contributed by atoms with Crippen molar-refractivity contribution in [2.45, 2.75) is 20.8 Å². The number of para-hydroxylation sites is 1. The van der Waals surface area contributed by atoms with E-state index in [1.165, 1.54) is 14.1 Å². The van der Waals surface area contributed by atoms with Crippen LogP contribution in [0.15, 0.2) is 42.5 Å². The first-order chi connectivity index (χ1) is 12.1. The van der Waals surface area contributed by atoms with Crippen molar-refractivity contribution in [2.75, 3.05) is 30.3 Å². The Morgan fingerprint density at radius 2 is 1.65 bits per heavy atom. The van der Waals surface area contributed by atoms with E-state index in [0.717, 1.165) is 25.3 Å². The monoisotopic (exact) mass is 375 g/mol. The maximum Gasteiger partial charge on any atom is 0.304 e. The summed E-state index contributed by atoms with van der Waals surface area (Å²) in [6.07, 6.45) is 0. The van der Waals surface area contributed by atoms with Gasteiger partial charge in [0.05, 0.1) is 5.69 Å². The fraction of sp³-hybridized carbons (Fsp3) is 0.316. The number of hydrogen-bond acceptors (Lipinski definition) is 3. The van der Waals surface area contributed by atoms with E-state index in [-0.39, 0.29) is 6.54 Å². The summed E-state index contributed by atoms with van der Waals surface area (Å²) in [4.78, 5) is 12.6. The molecule has 7 heteroatoms. The number of hydrogen-bond donors (Lipinski definition) is 1. The van der Waals surface area contributed by atoms with Crippen LogP contribution in [0.25, 0.3) is 0 Å². The lowest BCUT2D eigenvalue weighted by atomic mass is 10.1. The van der Waals surface area contributed by atoms with Crippen LogP contribution in [0.3, 0.4) is 0 Å². The first-order valence-corrected chi connectivity index (χ1v) is 9.65. The van der Waals surface area contributed by atoms with Gasteiger partial charge >= 0.3 is 10.2 Å². The number of nitrogens with one attached hydrogen (secondary N) is 1. The van der Waals surface area contributed by atoms with Crippen LogP contribution in [0.2, 0.25) is 0 Å². The largest absolute Gasteiger partial charge is 0.324 e. The van der Waals surface area contributed by atoms with E-state index in [4.69, 9.17) is 0 Å². The molecule has 0 aromatic heterocycles. The van der Waals surface area contributed by atoms with Gasteiger partial charge in [-0.25, -0.2) is 4.31 Å². The first-order valence-electron chi connectivity index (χ1n) is 8.26. The molecule has 0 atom stereocenters. The average molecular weight is 375 g/mol. The Bertz CT molecular complexity index is 908. The Morgan fingerprint density at radius 3 is 2.27 bits per heavy atom. The summed E-state index contributed by atoms with van der Waals surface area (Å²) >= 11 is 0. The van der Waals surface area contributed by atoms with E-state index in [2.05, 4.69) is 5.32 Å². The Hall–Kier alpha value is -2.38. The molecule has 0 aliphatic heterocycles. The molecule has 0 heterocycles. The molecule has 0 radical (unpaired) electrons. The van der Waals surface area contributed by atoms with Crippen LogP contribution in [-0.4, -0.2) is 39.3 Å².